The molecule has 0 bridgehead atoms. The lowest BCUT2D eigenvalue weighted by atomic mass is 10.1. The van der Waals surface area contributed by atoms with E-state index >= 15 is 0 Å². The molecule has 1 aliphatic rings. The van der Waals surface area contributed by atoms with Crippen LogP contribution in [0.5, 0.6) is 5.75 Å². The van der Waals surface area contributed by atoms with E-state index in [1.165, 1.54) is 5.57 Å². The zero-order valence-electron chi connectivity index (χ0n) is 14.5. The van der Waals surface area contributed by atoms with Crippen LogP contribution in [-0.2, 0) is 6.61 Å². The van der Waals surface area contributed by atoms with E-state index in [1.807, 2.05) is 24.4 Å². The van der Waals surface area contributed by atoms with Crippen LogP contribution in [0.4, 0.5) is 0 Å². The van der Waals surface area contributed by atoms with Crippen molar-refractivity contribution in [2.75, 3.05) is 19.6 Å². The Morgan fingerprint density at radius 2 is 2.23 bits per heavy atom. The Bertz CT molecular complexity index is 750. The van der Waals surface area contributed by atoms with Crippen molar-refractivity contribution in [3.63, 3.8) is 0 Å². The van der Waals surface area contributed by atoms with Crippen LogP contribution in [-0.4, -0.2) is 30.5 Å². The number of nitrogens with one attached hydrogen (secondary N) is 2. The lowest BCUT2D eigenvalue weighted by Crippen LogP contribution is -2.29. The molecule has 0 radical (unpaired) electrons. The monoisotopic (exact) mass is 415 g/mol. The van der Waals surface area contributed by atoms with Gasteiger partial charge in [0.05, 0.1) is 10.7 Å². The third-order valence-corrected chi connectivity index (χ3v) is 4.61. The summed E-state index contributed by atoms with van der Waals surface area (Å²) in [6.07, 6.45) is 3.12. The van der Waals surface area contributed by atoms with Gasteiger partial charge in [-0.1, -0.05) is 17.7 Å². The maximum absolute atomic E-state index is 12.3. The highest BCUT2D eigenvalue weighted by Crippen LogP contribution is 2.16. The molecular weight excluding hydrogens is 393 g/mol. The second kappa shape index (κ2) is 11.2. The Kier molecular flexibility index (Phi) is 9.65. The Morgan fingerprint density at radius 1 is 1.38 bits per heavy atom. The van der Waals surface area contributed by atoms with Crippen LogP contribution in [0, 0.1) is 6.92 Å². The van der Waals surface area contributed by atoms with Gasteiger partial charge in [0.2, 0.25) is 0 Å². The molecule has 1 aromatic heterocycles. The summed E-state index contributed by atoms with van der Waals surface area (Å²) < 4.78 is 5.74. The summed E-state index contributed by atoms with van der Waals surface area (Å²) in [6.45, 7) is 4.84. The first-order valence-corrected chi connectivity index (χ1v) is 8.89. The van der Waals surface area contributed by atoms with Gasteiger partial charge in [-0.2, -0.15) is 0 Å². The maximum Gasteiger partial charge on any atom is 0.251 e. The molecule has 142 valence electrons. The number of nitrogens with zero attached hydrogens (tertiary/aromatic N) is 1. The summed E-state index contributed by atoms with van der Waals surface area (Å²) >= 11 is 1.60. The van der Waals surface area contributed by atoms with Crippen LogP contribution in [0.3, 0.4) is 0 Å². The van der Waals surface area contributed by atoms with Crippen molar-refractivity contribution in [3.05, 3.63) is 57.6 Å². The first kappa shape index (κ1) is 22.4. The predicted octanol–water partition coefficient (Wildman–Crippen LogP) is 3.52. The lowest BCUT2D eigenvalue weighted by Gasteiger charge is -2.14. The molecule has 1 amide bonds. The Balaban J connectivity index is 0.00000169. The molecule has 0 atom stereocenters. The number of carbonyl (C=O) groups is 1. The third-order valence-electron chi connectivity index (χ3n) is 3.78. The smallest absolute Gasteiger partial charge is 0.251 e. The molecule has 0 fully saturated rings. The topological polar surface area (TPSA) is 63.2 Å². The van der Waals surface area contributed by atoms with Gasteiger partial charge in [0.1, 0.15) is 12.4 Å². The van der Waals surface area contributed by atoms with Crippen LogP contribution >= 0.6 is 36.2 Å². The summed E-state index contributed by atoms with van der Waals surface area (Å²) in [5, 5.41) is 9.24. The molecule has 2 aromatic rings. The number of aromatic nitrogens is 1. The van der Waals surface area contributed by atoms with Crippen molar-refractivity contribution in [2.24, 2.45) is 0 Å². The Labute approximate surface area is 170 Å². The van der Waals surface area contributed by atoms with E-state index < -0.39 is 0 Å². The molecule has 8 heteroatoms. The van der Waals surface area contributed by atoms with Crippen molar-refractivity contribution >= 4 is 42.1 Å². The van der Waals surface area contributed by atoms with Gasteiger partial charge in [0.15, 0.2) is 0 Å². The van der Waals surface area contributed by atoms with Crippen LogP contribution in [0.15, 0.2) is 41.3 Å². The van der Waals surface area contributed by atoms with Gasteiger partial charge in [-0.25, -0.2) is 4.98 Å². The lowest BCUT2D eigenvalue weighted by molar-refractivity contribution is 0.0956. The molecule has 26 heavy (non-hydrogen) atoms. The fourth-order valence-electron chi connectivity index (χ4n) is 2.48. The number of thiazole rings is 1. The second-order valence-corrected chi connectivity index (χ2v) is 6.74. The number of carbonyl (C=O) groups excluding carboxylic acids is 1. The molecule has 3 rings (SSSR count). The second-order valence-electron chi connectivity index (χ2n) is 5.67. The van der Waals surface area contributed by atoms with E-state index in [4.69, 9.17) is 4.74 Å². The molecule has 0 aliphatic carbocycles. The number of halogens is 2. The molecule has 5 nitrogen and oxygen atoms in total. The minimum Gasteiger partial charge on any atom is -0.487 e. The minimum atomic E-state index is -0.0793. The van der Waals surface area contributed by atoms with E-state index in [2.05, 4.69) is 21.7 Å². The quantitative estimate of drug-likeness (QED) is 0.708. The highest BCUT2D eigenvalue weighted by molar-refractivity contribution is 7.09. The number of hydrogen-bond donors (Lipinski definition) is 2. The third kappa shape index (κ3) is 6.61. The van der Waals surface area contributed by atoms with E-state index in [9.17, 15) is 4.79 Å². The van der Waals surface area contributed by atoms with Gasteiger partial charge in [0, 0.05) is 24.0 Å². The predicted molar refractivity (Wildman–Crippen MR) is 110 cm³/mol. The largest absolute Gasteiger partial charge is 0.487 e. The van der Waals surface area contributed by atoms with Gasteiger partial charge in [-0.3, -0.25) is 4.79 Å². The van der Waals surface area contributed by atoms with Crippen molar-refractivity contribution in [1.29, 1.82) is 0 Å². The summed E-state index contributed by atoms with van der Waals surface area (Å²) in [5.41, 5.74) is 2.79. The summed E-state index contributed by atoms with van der Waals surface area (Å²) in [4.78, 5) is 16.7. The van der Waals surface area contributed by atoms with Crippen molar-refractivity contribution in [3.8, 4) is 5.75 Å². The molecule has 0 unspecified atom stereocenters. The van der Waals surface area contributed by atoms with Crippen molar-refractivity contribution in [2.45, 2.75) is 20.0 Å². The minimum absolute atomic E-state index is 0. The molecule has 1 aliphatic heterocycles. The SMILES string of the molecule is Cc1nc(COc2cccc(C(=O)NCC3=CCNCC3)c2)cs1.Cl.Cl. The van der Waals surface area contributed by atoms with Crippen LogP contribution in [0.2, 0.25) is 0 Å². The van der Waals surface area contributed by atoms with Crippen LogP contribution in [0.1, 0.15) is 27.5 Å². The highest BCUT2D eigenvalue weighted by atomic mass is 35.5. The van der Waals surface area contributed by atoms with Gasteiger partial charge in [-0.05, 0) is 38.1 Å². The number of aryl methyl sites for hydroxylation is 1. The number of benzene rings is 1. The Morgan fingerprint density at radius 3 is 2.92 bits per heavy atom. The zero-order chi connectivity index (χ0) is 16.8. The van der Waals surface area contributed by atoms with Crippen LogP contribution in [0.25, 0.3) is 0 Å². The normalized spacial score (nSPS) is 13.0. The molecule has 0 saturated carbocycles. The van der Waals surface area contributed by atoms with Crippen LogP contribution < -0.4 is 15.4 Å². The molecule has 0 spiro atoms. The Hall–Kier alpha value is -1.60. The summed E-state index contributed by atoms with van der Waals surface area (Å²) in [5.74, 6) is 0.596. The van der Waals surface area contributed by atoms with Crippen molar-refractivity contribution < 1.29 is 9.53 Å². The average molecular weight is 416 g/mol. The van der Waals surface area contributed by atoms with Crippen molar-refractivity contribution in [1.82, 2.24) is 15.6 Å². The molecule has 1 aromatic carbocycles. The van der Waals surface area contributed by atoms with E-state index in [-0.39, 0.29) is 30.7 Å². The van der Waals surface area contributed by atoms with E-state index in [0.717, 1.165) is 30.2 Å². The standard InChI is InChI=1S/C18H21N3O2S.2ClH/c1-13-21-16(12-24-13)11-23-17-4-2-3-15(9-17)18(22)20-10-14-5-7-19-8-6-14;;/h2-5,9,12,19H,6-8,10-11H2,1H3,(H,20,22);2*1H. The van der Waals surface area contributed by atoms with Gasteiger partial charge in [0.25, 0.3) is 5.91 Å². The zero-order valence-corrected chi connectivity index (χ0v) is 16.9. The summed E-state index contributed by atoms with van der Waals surface area (Å²) in [6, 6.07) is 7.25. The molecule has 2 N–H and O–H groups in total. The average Bonchev–Trinajstić information content (AvgIpc) is 3.04. The summed E-state index contributed by atoms with van der Waals surface area (Å²) in [7, 11) is 0. The number of hydrogen-bond acceptors (Lipinski definition) is 5. The number of ether oxygens (including phenoxy) is 1. The first-order chi connectivity index (χ1) is 11.7. The first-order valence-electron chi connectivity index (χ1n) is 8.01. The molecule has 0 saturated heterocycles. The molecular formula is C18H23Cl2N3O2S. The van der Waals surface area contributed by atoms with Gasteiger partial charge >= 0.3 is 0 Å². The maximum atomic E-state index is 12.3. The molecule has 2 heterocycles. The highest BCUT2D eigenvalue weighted by Gasteiger charge is 2.09. The van der Waals surface area contributed by atoms with E-state index in [0.29, 0.717) is 24.5 Å². The fraction of sp³-hybridized carbons (Fsp3) is 0.333. The van der Waals surface area contributed by atoms with E-state index in [1.54, 1.807) is 23.5 Å². The fourth-order valence-corrected chi connectivity index (χ4v) is 3.08. The number of amides is 1. The van der Waals surface area contributed by atoms with Gasteiger partial charge < -0.3 is 15.4 Å². The number of rotatable bonds is 6. The van der Waals surface area contributed by atoms with Gasteiger partial charge in [-0.15, -0.1) is 36.2 Å².